The predicted octanol–water partition coefficient (Wildman–Crippen LogP) is 3.23. The molecule has 2 aliphatic rings. The van der Waals surface area contributed by atoms with Crippen LogP contribution in [0, 0.1) is 0 Å². The van der Waals surface area contributed by atoms with Crippen molar-refractivity contribution in [3.63, 3.8) is 0 Å². The van der Waals surface area contributed by atoms with Crippen LogP contribution in [0.5, 0.6) is 5.75 Å². The second-order valence-corrected chi connectivity index (χ2v) is 10.5. The number of ether oxygens (including phenoxy) is 1. The molecule has 1 saturated heterocycles. The van der Waals surface area contributed by atoms with Crippen LogP contribution in [0.1, 0.15) is 11.1 Å². The molecule has 2 heterocycles. The van der Waals surface area contributed by atoms with Crippen molar-refractivity contribution in [1.29, 1.82) is 0 Å². The van der Waals surface area contributed by atoms with Crippen LogP contribution < -0.4 is 25.6 Å². The molecule has 3 aromatic carbocycles. The number of methoxy groups -OCH3 is 1. The van der Waals surface area contributed by atoms with Crippen LogP contribution >= 0.6 is 0 Å². The Balaban J connectivity index is 1.43. The molecule has 5 rings (SSSR count). The van der Waals surface area contributed by atoms with Crippen molar-refractivity contribution >= 4 is 33.3 Å². The van der Waals surface area contributed by atoms with Crippen LogP contribution in [0.4, 0.5) is 21.0 Å². The van der Waals surface area contributed by atoms with Gasteiger partial charge in [0.15, 0.2) is 4.87 Å². The lowest BCUT2D eigenvalue weighted by atomic mass is 10.1. The first-order valence-electron chi connectivity index (χ1n) is 11.1. The standard InChI is InChI=1S/C25H24N4O5S/c1-34-20-9-7-19(8-10-20)27-24(31)29-14-13-17-15-21(11-12-22(17)29)35(32,33)25(16-26-23(30)28-25)18-5-3-2-4-6-18/h2-12,15H,13-14,16H2,1H3,(H,27,31)(H2,26,28,30). The maximum Gasteiger partial charge on any atom is 0.326 e. The summed E-state index contributed by atoms with van der Waals surface area (Å²) in [5.74, 6) is 0.685. The number of urea groups is 2. The molecule has 1 atom stereocenters. The number of hydrogen-bond acceptors (Lipinski definition) is 5. The molecule has 2 aliphatic heterocycles. The van der Waals surface area contributed by atoms with Crippen LogP contribution in [0.3, 0.4) is 0 Å². The highest BCUT2D eigenvalue weighted by molar-refractivity contribution is 7.92. The molecular weight excluding hydrogens is 468 g/mol. The van der Waals surface area contributed by atoms with E-state index in [0.29, 0.717) is 35.7 Å². The second kappa shape index (κ2) is 8.62. The third kappa shape index (κ3) is 3.85. The SMILES string of the molecule is COc1ccc(NC(=O)N2CCc3cc(S(=O)(=O)C4(c5ccccc5)CNC(=O)N4)ccc32)cc1. The summed E-state index contributed by atoms with van der Waals surface area (Å²) in [6, 6.07) is 19.5. The first-order valence-corrected chi connectivity index (χ1v) is 12.5. The molecule has 3 N–H and O–H groups in total. The number of nitrogens with one attached hydrogen (secondary N) is 3. The number of carbonyl (C=O) groups excluding carboxylic acids is 2. The zero-order chi connectivity index (χ0) is 24.6. The van der Waals surface area contributed by atoms with Gasteiger partial charge in [0.25, 0.3) is 0 Å². The van der Waals surface area contributed by atoms with E-state index in [1.165, 1.54) is 6.07 Å². The van der Waals surface area contributed by atoms with Crippen LogP contribution in [0.15, 0.2) is 77.7 Å². The van der Waals surface area contributed by atoms with E-state index in [1.807, 2.05) is 0 Å². The topological polar surface area (TPSA) is 117 Å². The van der Waals surface area contributed by atoms with Gasteiger partial charge >= 0.3 is 12.1 Å². The van der Waals surface area contributed by atoms with Gasteiger partial charge in [-0.3, -0.25) is 4.90 Å². The van der Waals surface area contributed by atoms with E-state index in [4.69, 9.17) is 4.74 Å². The molecular formula is C25H24N4O5S. The van der Waals surface area contributed by atoms with Gasteiger partial charge in [-0.05, 0) is 60.0 Å². The summed E-state index contributed by atoms with van der Waals surface area (Å²) < 4.78 is 32.8. The minimum atomic E-state index is -4.03. The van der Waals surface area contributed by atoms with Gasteiger partial charge < -0.3 is 20.7 Å². The molecule has 0 bridgehead atoms. The van der Waals surface area contributed by atoms with Crippen LogP contribution in [-0.2, 0) is 21.1 Å². The molecule has 10 heteroatoms. The Labute approximate surface area is 203 Å². The molecule has 0 radical (unpaired) electrons. The quantitative estimate of drug-likeness (QED) is 0.506. The van der Waals surface area contributed by atoms with Gasteiger partial charge in [0.05, 0.1) is 18.6 Å². The summed E-state index contributed by atoms with van der Waals surface area (Å²) in [6.07, 6.45) is 0.512. The molecule has 0 saturated carbocycles. The lowest BCUT2D eigenvalue weighted by Gasteiger charge is -2.28. The average Bonchev–Trinajstić information content (AvgIpc) is 3.49. The summed E-state index contributed by atoms with van der Waals surface area (Å²) >= 11 is 0. The fraction of sp³-hybridized carbons (Fsp3) is 0.200. The molecule has 1 fully saturated rings. The lowest BCUT2D eigenvalue weighted by molar-refractivity contribution is 0.246. The third-order valence-corrected chi connectivity index (χ3v) is 8.63. The van der Waals surface area contributed by atoms with Crippen LogP contribution in [0.25, 0.3) is 0 Å². The average molecular weight is 493 g/mol. The molecule has 0 aromatic heterocycles. The van der Waals surface area contributed by atoms with Gasteiger partial charge in [0.2, 0.25) is 9.84 Å². The Morgan fingerprint density at radius 1 is 1.06 bits per heavy atom. The largest absolute Gasteiger partial charge is 0.497 e. The monoisotopic (exact) mass is 492 g/mol. The van der Waals surface area contributed by atoms with Gasteiger partial charge in [-0.15, -0.1) is 0 Å². The second-order valence-electron chi connectivity index (χ2n) is 8.35. The number of hydrogen-bond donors (Lipinski definition) is 3. The Morgan fingerprint density at radius 2 is 1.80 bits per heavy atom. The van der Waals surface area contributed by atoms with Crippen LogP contribution in [0.2, 0.25) is 0 Å². The van der Waals surface area contributed by atoms with Crippen molar-refractivity contribution in [3.8, 4) is 5.75 Å². The Kier molecular flexibility index (Phi) is 5.60. The highest BCUT2D eigenvalue weighted by atomic mass is 32.2. The number of amides is 4. The number of nitrogens with zero attached hydrogens (tertiary/aromatic N) is 1. The number of benzene rings is 3. The highest BCUT2D eigenvalue weighted by Crippen LogP contribution is 2.38. The molecule has 0 spiro atoms. The van der Waals surface area contributed by atoms with Crippen molar-refractivity contribution in [2.24, 2.45) is 0 Å². The van der Waals surface area contributed by atoms with Gasteiger partial charge in [0, 0.05) is 17.9 Å². The summed E-state index contributed by atoms with van der Waals surface area (Å²) in [6.45, 7) is 0.328. The van der Waals surface area contributed by atoms with Crippen molar-refractivity contribution in [2.45, 2.75) is 16.2 Å². The minimum Gasteiger partial charge on any atom is -0.497 e. The smallest absolute Gasteiger partial charge is 0.326 e. The van der Waals surface area contributed by atoms with E-state index in [2.05, 4.69) is 16.0 Å². The Morgan fingerprint density at radius 3 is 2.46 bits per heavy atom. The number of rotatable bonds is 5. The van der Waals surface area contributed by atoms with E-state index >= 15 is 0 Å². The predicted molar refractivity (Wildman–Crippen MR) is 131 cm³/mol. The first kappa shape index (κ1) is 22.7. The Bertz CT molecular complexity index is 1390. The van der Waals surface area contributed by atoms with E-state index in [1.54, 1.807) is 78.7 Å². The van der Waals surface area contributed by atoms with E-state index in [9.17, 15) is 18.0 Å². The van der Waals surface area contributed by atoms with Gasteiger partial charge in [-0.2, -0.15) is 0 Å². The molecule has 9 nitrogen and oxygen atoms in total. The zero-order valence-electron chi connectivity index (χ0n) is 18.9. The summed E-state index contributed by atoms with van der Waals surface area (Å²) in [5.41, 5.74) is 2.49. The third-order valence-electron chi connectivity index (χ3n) is 6.36. The first-order chi connectivity index (χ1) is 16.8. The summed E-state index contributed by atoms with van der Waals surface area (Å²) in [7, 11) is -2.45. The molecule has 35 heavy (non-hydrogen) atoms. The minimum absolute atomic E-state index is 0.0847. The van der Waals surface area contributed by atoms with Crippen molar-refractivity contribution in [2.75, 3.05) is 30.4 Å². The zero-order valence-corrected chi connectivity index (χ0v) is 19.8. The number of sulfone groups is 1. The number of carbonyl (C=O) groups is 2. The molecule has 3 aromatic rings. The van der Waals surface area contributed by atoms with E-state index in [0.717, 1.165) is 5.56 Å². The molecule has 180 valence electrons. The van der Waals surface area contributed by atoms with E-state index < -0.39 is 20.7 Å². The molecule has 1 unspecified atom stereocenters. The Hall–Kier alpha value is -4.05. The normalized spacial score (nSPS) is 19.0. The molecule has 0 aliphatic carbocycles. The maximum absolute atomic E-state index is 13.9. The lowest BCUT2D eigenvalue weighted by Crippen LogP contribution is -2.47. The van der Waals surface area contributed by atoms with Gasteiger partial charge in [0.1, 0.15) is 5.75 Å². The van der Waals surface area contributed by atoms with Crippen molar-refractivity contribution < 1.29 is 22.7 Å². The summed E-state index contributed by atoms with van der Waals surface area (Å²) in [4.78, 5) is 25.0. The maximum atomic E-state index is 13.9. The summed E-state index contributed by atoms with van der Waals surface area (Å²) in [5, 5.41) is 8.08. The van der Waals surface area contributed by atoms with Crippen molar-refractivity contribution in [1.82, 2.24) is 10.6 Å². The van der Waals surface area contributed by atoms with Crippen molar-refractivity contribution in [3.05, 3.63) is 83.9 Å². The van der Waals surface area contributed by atoms with Gasteiger partial charge in [-0.25, -0.2) is 18.0 Å². The van der Waals surface area contributed by atoms with Crippen LogP contribution in [-0.4, -0.2) is 40.7 Å². The fourth-order valence-electron chi connectivity index (χ4n) is 4.50. The fourth-order valence-corrected chi connectivity index (χ4v) is 6.38. The van der Waals surface area contributed by atoms with Gasteiger partial charge in [-0.1, -0.05) is 30.3 Å². The highest BCUT2D eigenvalue weighted by Gasteiger charge is 2.51. The number of fused-ring (bicyclic) bond motifs is 1. The number of anilines is 2. The molecule has 4 amide bonds. The van der Waals surface area contributed by atoms with E-state index in [-0.39, 0.29) is 17.5 Å².